The summed E-state index contributed by atoms with van der Waals surface area (Å²) in [7, 11) is 0. The molecular weight excluding hydrogens is 271 g/mol. The Morgan fingerprint density at radius 2 is 1.83 bits per heavy atom. The van der Waals surface area contributed by atoms with Gasteiger partial charge in [-0.15, -0.1) is 0 Å². The molecular formula is C12H12Cl2N4. The van der Waals surface area contributed by atoms with Gasteiger partial charge >= 0.3 is 0 Å². The van der Waals surface area contributed by atoms with Crippen LogP contribution >= 0.6 is 23.2 Å². The minimum absolute atomic E-state index is 0.475. The molecule has 1 aromatic heterocycles. The lowest BCUT2D eigenvalue weighted by Gasteiger charge is -2.11. The lowest BCUT2D eigenvalue weighted by molar-refractivity contribution is 1.06. The first kappa shape index (κ1) is 12.9. The van der Waals surface area contributed by atoms with Crippen molar-refractivity contribution < 1.29 is 0 Å². The topological polar surface area (TPSA) is 63.8 Å². The van der Waals surface area contributed by atoms with Crippen LogP contribution in [0.5, 0.6) is 0 Å². The summed E-state index contributed by atoms with van der Waals surface area (Å²) in [5.74, 6) is 1.14. The molecule has 1 heterocycles. The zero-order valence-electron chi connectivity index (χ0n) is 9.74. The van der Waals surface area contributed by atoms with Crippen molar-refractivity contribution >= 4 is 40.5 Å². The van der Waals surface area contributed by atoms with E-state index in [2.05, 4.69) is 15.3 Å². The number of nitrogens with zero attached hydrogens (tertiary/aromatic N) is 2. The van der Waals surface area contributed by atoms with E-state index in [9.17, 15) is 0 Å². The molecule has 1 aromatic carbocycles. The normalized spacial score (nSPS) is 10.4. The van der Waals surface area contributed by atoms with Crippen LogP contribution in [0.15, 0.2) is 24.5 Å². The zero-order chi connectivity index (χ0) is 13.1. The Bertz CT molecular complexity index is 552. The van der Waals surface area contributed by atoms with Gasteiger partial charge in [-0.2, -0.15) is 0 Å². The van der Waals surface area contributed by atoms with Crippen molar-refractivity contribution in [3.05, 3.63) is 40.1 Å². The van der Waals surface area contributed by atoms with E-state index in [4.69, 9.17) is 28.9 Å². The molecule has 0 amide bonds. The van der Waals surface area contributed by atoms with E-state index in [-0.39, 0.29) is 0 Å². The van der Waals surface area contributed by atoms with Gasteiger partial charge in [0.15, 0.2) is 0 Å². The van der Waals surface area contributed by atoms with Gasteiger partial charge < -0.3 is 11.1 Å². The molecule has 0 spiro atoms. The second kappa shape index (κ2) is 5.42. The Balaban J connectivity index is 2.36. The minimum atomic E-state index is 0.475. The van der Waals surface area contributed by atoms with Crippen LogP contribution in [0.2, 0.25) is 10.0 Å². The van der Waals surface area contributed by atoms with Gasteiger partial charge in [-0.3, -0.25) is 0 Å². The molecule has 0 radical (unpaired) electrons. The van der Waals surface area contributed by atoms with Gasteiger partial charge in [0.25, 0.3) is 0 Å². The molecule has 2 rings (SSSR count). The molecule has 0 unspecified atom stereocenters. The molecule has 0 saturated carbocycles. The summed E-state index contributed by atoms with van der Waals surface area (Å²) in [5, 5.41) is 4.27. The van der Waals surface area contributed by atoms with Crippen LogP contribution in [-0.4, -0.2) is 9.97 Å². The van der Waals surface area contributed by atoms with E-state index in [0.717, 1.165) is 17.7 Å². The second-order valence-electron chi connectivity index (χ2n) is 3.72. The van der Waals surface area contributed by atoms with Crippen LogP contribution in [0.4, 0.5) is 17.3 Å². The maximum absolute atomic E-state index is 5.94. The van der Waals surface area contributed by atoms with Crippen molar-refractivity contribution in [1.29, 1.82) is 0 Å². The molecule has 6 heteroatoms. The summed E-state index contributed by atoms with van der Waals surface area (Å²) in [6, 6.07) is 5.21. The van der Waals surface area contributed by atoms with Gasteiger partial charge in [0, 0.05) is 21.3 Å². The molecule has 3 N–H and O–H groups in total. The lowest BCUT2D eigenvalue weighted by atomic mass is 10.2. The van der Waals surface area contributed by atoms with Crippen LogP contribution in [0, 0.1) is 0 Å². The number of hydrogen-bond donors (Lipinski definition) is 2. The smallest absolute Gasteiger partial charge is 0.139 e. The summed E-state index contributed by atoms with van der Waals surface area (Å²) in [6.07, 6.45) is 2.16. The second-order valence-corrected chi connectivity index (χ2v) is 4.60. The van der Waals surface area contributed by atoms with Gasteiger partial charge in [0.2, 0.25) is 0 Å². The SMILES string of the molecule is CCc1c(N)ncnc1Nc1cc(Cl)cc(Cl)c1. The molecule has 4 nitrogen and oxygen atoms in total. The average Bonchev–Trinajstić information content (AvgIpc) is 2.27. The first-order valence-electron chi connectivity index (χ1n) is 5.42. The number of benzene rings is 1. The molecule has 0 atom stereocenters. The molecule has 0 fully saturated rings. The number of nitrogen functional groups attached to an aromatic ring is 1. The van der Waals surface area contributed by atoms with E-state index in [1.807, 2.05) is 6.92 Å². The highest BCUT2D eigenvalue weighted by molar-refractivity contribution is 6.35. The van der Waals surface area contributed by atoms with Crippen LogP contribution in [0.3, 0.4) is 0 Å². The van der Waals surface area contributed by atoms with Gasteiger partial charge in [0.05, 0.1) is 0 Å². The fourth-order valence-electron chi connectivity index (χ4n) is 1.64. The van der Waals surface area contributed by atoms with Gasteiger partial charge in [-0.1, -0.05) is 30.1 Å². The van der Waals surface area contributed by atoms with Gasteiger partial charge in [-0.25, -0.2) is 9.97 Å². The first-order valence-corrected chi connectivity index (χ1v) is 6.18. The third-order valence-corrected chi connectivity index (χ3v) is 2.89. The van der Waals surface area contributed by atoms with E-state index in [1.54, 1.807) is 18.2 Å². The molecule has 0 aliphatic heterocycles. The number of anilines is 3. The summed E-state index contributed by atoms with van der Waals surface area (Å²) in [4.78, 5) is 8.14. The Morgan fingerprint density at radius 3 is 2.44 bits per heavy atom. The molecule has 0 aliphatic rings. The highest BCUT2D eigenvalue weighted by atomic mass is 35.5. The fourth-order valence-corrected chi connectivity index (χ4v) is 2.17. The summed E-state index contributed by atoms with van der Waals surface area (Å²) in [6.45, 7) is 1.99. The summed E-state index contributed by atoms with van der Waals surface area (Å²) in [5.41, 5.74) is 7.44. The summed E-state index contributed by atoms with van der Waals surface area (Å²) < 4.78 is 0. The van der Waals surface area contributed by atoms with Gasteiger partial charge in [-0.05, 0) is 24.6 Å². The van der Waals surface area contributed by atoms with Gasteiger partial charge in [0.1, 0.15) is 18.0 Å². The van der Waals surface area contributed by atoms with Crippen molar-refractivity contribution in [3.63, 3.8) is 0 Å². The number of nitrogens with one attached hydrogen (secondary N) is 1. The number of hydrogen-bond acceptors (Lipinski definition) is 4. The highest BCUT2D eigenvalue weighted by Gasteiger charge is 2.08. The van der Waals surface area contributed by atoms with E-state index in [0.29, 0.717) is 21.7 Å². The zero-order valence-corrected chi connectivity index (χ0v) is 11.3. The molecule has 94 valence electrons. The first-order chi connectivity index (χ1) is 8.60. The van der Waals surface area contributed by atoms with Crippen LogP contribution in [0.1, 0.15) is 12.5 Å². The number of nitrogens with two attached hydrogens (primary N) is 1. The predicted molar refractivity (Wildman–Crippen MR) is 75.6 cm³/mol. The number of rotatable bonds is 3. The summed E-state index contributed by atoms with van der Waals surface area (Å²) >= 11 is 11.9. The maximum Gasteiger partial charge on any atom is 0.139 e. The third kappa shape index (κ3) is 2.83. The largest absolute Gasteiger partial charge is 0.383 e. The van der Waals surface area contributed by atoms with Crippen molar-refractivity contribution in [2.45, 2.75) is 13.3 Å². The third-order valence-electron chi connectivity index (χ3n) is 2.46. The maximum atomic E-state index is 5.94. The van der Waals surface area contributed by atoms with Crippen LogP contribution in [-0.2, 0) is 6.42 Å². The molecule has 0 bridgehead atoms. The molecule has 2 aromatic rings. The molecule has 18 heavy (non-hydrogen) atoms. The Labute approximate surface area is 115 Å². The quantitative estimate of drug-likeness (QED) is 0.902. The Morgan fingerprint density at radius 1 is 1.17 bits per heavy atom. The highest BCUT2D eigenvalue weighted by Crippen LogP contribution is 2.27. The minimum Gasteiger partial charge on any atom is -0.383 e. The van der Waals surface area contributed by atoms with Crippen LogP contribution in [0.25, 0.3) is 0 Å². The Kier molecular flexibility index (Phi) is 3.89. The monoisotopic (exact) mass is 282 g/mol. The number of halogens is 2. The fraction of sp³-hybridized carbons (Fsp3) is 0.167. The Hall–Kier alpha value is -1.52. The lowest BCUT2D eigenvalue weighted by Crippen LogP contribution is -2.04. The molecule has 0 saturated heterocycles. The van der Waals surface area contributed by atoms with E-state index in [1.165, 1.54) is 6.33 Å². The molecule has 0 aliphatic carbocycles. The van der Waals surface area contributed by atoms with Crippen molar-refractivity contribution in [1.82, 2.24) is 9.97 Å². The van der Waals surface area contributed by atoms with Crippen LogP contribution < -0.4 is 11.1 Å². The van der Waals surface area contributed by atoms with Crippen molar-refractivity contribution in [2.75, 3.05) is 11.1 Å². The van der Waals surface area contributed by atoms with Crippen molar-refractivity contribution in [2.24, 2.45) is 0 Å². The standard InChI is InChI=1S/C12H12Cl2N4/c1-2-10-11(15)16-6-17-12(10)18-9-4-7(13)3-8(14)5-9/h3-6H,2H2,1H3,(H3,15,16,17,18). The number of aromatic nitrogens is 2. The predicted octanol–water partition coefficient (Wildman–Crippen LogP) is 3.67. The van der Waals surface area contributed by atoms with E-state index < -0.39 is 0 Å². The van der Waals surface area contributed by atoms with Crippen molar-refractivity contribution in [3.8, 4) is 0 Å². The van der Waals surface area contributed by atoms with E-state index >= 15 is 0 Å². The average molecular weight is 283 g/mol.